The summed E-state index contributed by atoms with van der Waals surface area (Å²) < 4.78 is 12.4. The molecular formula is C20H38BN3O3. The number of carbonyl (C=O) groups is 1. The third kappa shape index (κ3) is 4.62. The van der Waals surface area contributed by atoms with Gasteiger partial charge in [-0.3, -0.25) is 0 Å². The Bertz CT molecular complexity index is 511. The normalized spacial score (nSPS) is 28.4. The van der Waals surface area contributed by atoms with Crippen molar-refractivity contribution in [3.63, 3.8) is 0 Å². The number of urea groups is 1. The molecule has 3 saturated heterocycles. The molecule has 6 nitrogen and oxygen atoms in total. The van der Waals surface area contributed by atoms with Crippen LogP contribution in [0.2, 0.25) is 5.82 Å². The first-order valence-electron chi connectivity index (χ1n) is 10.7. The largest absolute Gasteiger partial charge is 0.461 e. The molecule has 3 heterocycles. The zero-order valence-corrected chi connectivity index (χ0v) is 18.1. The number of amides is 2. The van der Waals surface area contributed by atoms with Crippen molar-refractivity contribution >= 4 is 13.1 Å². The van der Waals surface area contributed by atoms with Gasteiger partial charge < -0.3 is 24.4 Å². The van der Waals surface area contributed by atoms with Crippen molar-refractivity contribution in [3.05, 3.63) is 0 Å². The van der Waals surface area contributed by atoms with Gasteiger partial charge in [0, 0.05) is 19.1 Å². The molecule has 0 aromatic carbocycles. The van der Waals surface area contributed by atoms with E-state index in [0.29, 0.717) is 11.7 Å². The van der Waals surface area contributed by atoms with Gasteiger partial charge in [-0.2, -0.15) is 0 Å². The number of hydrogen-bond donors (Lipinski definition) is 1. The quantitative estimate of drug-likeness (QED) is 0.766. The molecular weight excluding hydrogens is 341 g/mol. The van der Waals surface area contributed by atoms with Crippen LogP contribution in [-0.2, 0) is 9.31 Å². The monoisotopic (exact) mass is 379 g/mol. The summed E-state index contributed by atoms with van der Waals surface area (Å²) in [7, 11) is 2.02. The second kappa shape index (κ2) is 7.92. The molecule has 0 aromatic heterocycles. The van der Waals surface area contributed by atoms with Crippen LogP contribution >= 0.6 is 0 Å². The second-order valence-electron chi connectivity index (χ2n) is 9.83. The molecule has 0 spiro atoms. The van der Waals surface area contributed by atoms with Gasteiger partial charge in [0.2, 0.25) is 0 Å². The van der Waals surface area contributed by atoms with E-state index in [4.69, 9.17) is 9.31 Å². The van der Waals surface area contributed by atoms with E-state index < -0.39 is 0 Å². The van der Waals surface area contributed by atoms with Crippen LogP contribution in [0.3, 0.4) is 0 Å². The molecule has 1 unspecified atom stereocenters. The summed E-state index contributed by atoms with van der Waals surface area (Å²) in [5.74, 6) is 0.953. The first-order chi connectivity index (χ1) is 12.6. The highest BCUT2D eigenvalue weighted by atomic mass is 16.7. The Morgan fingerprint density at radius 1 is 1.00 bits per heavy atom. The first-order valence-corrected chi connectivity index (χ1v) is 10.7. The molecule has 3 aliphatic rings. The number of hydrogen-bond acceptors (Lipinski definition) is 4. The van der Waals surface area contributed by atoms with E-state index in [-0.39, 0.29) is 30.4 Å². The molecule has 27 heavy (non-hydrogen) atoms. The average Bonchev–Trinajstić information content (AvgIpc) is 2.83. The zero-order chi connectivity index (χ0) is 19.8. The second-order valence-corrected chi connectivity index (χ2v) is 9.83. The number of nitrogens with zero attached hydrogens (tertiary/aromatic N) is 2. The van der Waals surface area contributed by atoms with Gasteiger partial charge >= 0.3 is 13.1 Å². The summed E-state index contributed by atoms with van der Waals surface area (Å²) in [5.41, 5.74) is -0.564. The van der Waals surface area contributed by atoms with Gasteiger partial charge in [-0.25, -0.2) is 4.79 Å². The molecule has 154 valence electrons. The average molecular weight is 379 g/mol. The van der Waals surface area contributed by atoms with E-state index in [2.05, 4.69) is 51.9 Å². The van der Waals surface area contributed by atoms with Crippen molar-refractivity contribution in [1.82, 2.24) is 15.1 Å². The maximum Gasteiger partial charge on any atom is 0.461 e. The van der Waals surface area contributed by atoms with E-state index in [9.17, 15) is 4.79 Å². The van der Waals surface area contributed by atoms with E-state index in [1.165, 1.54) is 12.8 Å². The highest BCUT2D eigenvalue weighted by Gasteiger charge is 2.53. The van der Waals surface area contributed by atoms with Crippen molar-refractivity contribution in [2.45, 2.75) is 83.4 Å². The molecule has 3 fully saturated rings. The molecule has 0 saturated carbocycles. The summed E-state index contributed by atoms with van der Waals surface area (Å²) in [6.07, 6.45) is 4.21. The van der Waals surface area contributed by atoms with Crippen molar-refractivity contribution in [1.29, 1.82) is 0 Å². The molecule has 1 N–H and O–H groups in total. The van der Waals surface area contributed by atoms with Crippen molar-refractivity contribution < 1.29 is 14.1 Å². The van der Waals surface area contributed by atoms with Gasteiger partial charge in [-0.15, -0.1) is 0 Å². The molecule has 0 radical (unpaired) electrons. The lowest BCUT2D eigenvalue weighted by atomic mass is 9.67. The predicted octanol–water partition coefficient (Wildman–Crippen LogP) is 2.98. The van der Waals surface area contributed by atoms with Crippen molar-refractivity contribution in [2.24, 2.45) is 5.92 Å². The SMILES string of the molecule is CC(NC(=O)N1CCC(B2OC(C)(C)C(C)(C)O2)CC1)C1CCN(C)CC1. The molecule has 2 amide bonds. The molecule has 3 aliphatic heterocycles. The number of piperidine rings is 2. The summed E-state index contributed by atoms with van der Waals surface area (Å²) in [4.78, 5) is 17.0. The molecule has 0 aromatic rings. The first kappa shape index (κ1) is 20.9. The Morgan fingerprint density at radius 2 is 1.52 bits per heavy atom. The Labute approximate surface area is 165 Å². The zero-order valence-electron chi connectivity index (χ0n) is 18.1. The molecule has 0 bridgehead atoms. The van der Waals surface area contributed by atoms with Crippen molar-refractivity contribution in [2.75, 3.05) is 33.2 Å². The minimum absolute atomic E-state index is 0.0915. The van der Waals surface area contributed by atoms with E-state index >= 15 is 0 Å². The van der Waals surface area contributed by atoms with Crippen LogP contribution < -0.4 is 5.32 Å². The Hall–Kier alpha value is -0.785. The standard InChI is InChI=1S/C20H38BN3O3/c1-15(16-7-11-23(6)12-8-16)22-18(25)24-13-9-17(10-14-24)21-26-19(2,3)20(4,5)27-21/h15-17H,7-14H2,1-6H3,(H,22,25). The molecule has 0 aliphatic carbocycles. The van der Waals surface area contributed by atoms with Gasteiger partial charge in [-0.1, -0.05) is 0 Å². The van der Waals surface area contributed by atoms with Gasteiger partial charge in [0.1, 0.15) is 0 Å². The fourth-order valence-electron chi connectivity index (χ4n) is 4.39. The van der Waals surface area contributed by atoms with Crippen LogP contribution in [-0.4, -0.2) is 73.4 Å². The Kier molecular flexibility index (Phi) is 6.14. The highest BCUT2D eigenvalue weighted by molar-refractivity contribution is 6.47. The predicted molar refractivity (Wildman–Crippen MR) is 109 cm³/mol. The van der Waals surface area contributed by atoms with Gasteiger partial charge in [0.05, 0.1) is 11.2 Å². The molecule has 1 atom stereocenters. The van der Waals surface area contributed by atoms with Crippen LogP contribution in [0, 0.1) is 5.92 Å². The van der Waals surface area contributed by atoms with Gasteiger partial charge in [0.15, 0.2) is 0 Å². The fraction of sp³-hybridized carbons (Fsp3) is 0.950. The fourth-order valence-corrected chi connectivity index (χ4v) is 4.39. The van der Waals surface area contributed by atoms with Crippen LogP contribution in [0.25, 0.3) is 0 Å². The maximum absolute atomic E-state index is 12.7. The minimum Gasteiger partial charge on any atom is -0.403 e. The molecule has 7 heteroatoms. The molecule has 3 rings (SSSR count). The van der Waals surface area contributed by atoms with E-state index in [0.717, 1.165) is 39.0 Å². The van der Waals surface area contributed by atoms with E-state index in [1.807, 2.05) is 4.90 Å². The van der Waals surface area contributed by atoms with Crippen LogP contribution in [0.5, 0.6) is 0 Å². The third-order valence-electron chi connectivity index (χ3n) is 7.30. The topological polar surface area (TPSA) is 54.0 Å². The summed E-state index contributed by atoms with van der Waals surface area (Å²) in [6.45, 7) is 14.4. The lowest BCUT2D eigenvalue weighted by molar-refractivity contribution is 0.00578. The Balaban J connectivity index is 1.44. The minimum atomic E-state index is -0.282. The third-order valence-corrected chi connectivity index (χ3v) is 7.30. The van der Waals surface area contributed by atoms with E-state index in [1.54, 1.807) is 0 Å². The van der Waals surface area contributed by atoms with Gasteiger partial charge in [-0.05, 0) is 92.2 Å². The summed E-state index contributed by atoms with van der Waals surface area (Å²) in [5, 5.41) is 3.25. The van der Waals surface area contributed by atoms with Crippen LogP contribution in [0.1, 0.15) is 60.3 Å². The number of likely N-dealkylation sites (tertiary alicyclic amines) is 2. The van der Waals surface area contributed by atoms with Gasteiger partial charge in [0.25, 0.3) is 0 Å². The summed E-state index contributed by atoms with van der Waals surface area (Å²) >= 11 is 0. The summed E-state index contributed by atoms with van der Waals surface area (Å²) in [6, 6.07) is 0.334. The lowest BCUT2D eigenvalue weighted by Crippen LogP contribution is -2.50. The number of carbonyl (C=O) groups excluding carboxylic acids is 1. The number of rotatable bonds is 3. The highest BCUT2D eigenvalue weighted by Crippen LogP contribution is 2.42. The van der Waals surface area contributed by atoms with Crippen molar-refractivity contribution in [3.8, 4) is 0 Å². The smallest absolute Gasteiger partial charge is 0.403 e. The number of nitrogens with one attached hydrogen (secondary N) is 1. The van der Waals surface area contributed by atoms with Crippen LogP contribution in [0.15, 0.2) is 0 Å². The maximum atomic E-state index is 12.7. The van der Waals surface area contributed by atoms with Crippen LogP contribution in [0.4, 0.5) is 4.79 Å². The lowest BCUT2D eigenvalue weighted by Gasteiger charge is -2.36. The Morgan fingerprint density at radius 3 is 2.04 bits per heavy atom.